The third kappa shape index (κ3) is 2.02. The lowest BCUT2D eigenvalue weighted by Gasteiger charge is -1.86. The molecule has 0 saturated heterocycles. The summed E-state index contributed by atoms with van der Waals surface area (Å²) >= 11 is 0. The third-order valence-corrected chi connectivity index (χ3v) is 1.38. The van der Waals surface area contributed by atoms with Gasteiger partial charge in [0.05, 0.1) is 6.20 Å². The van der Waals surface area contributed by atoms with Crippen LogP contribution >= 0.6 is 0 Å². The number of hydrogen-bond donors (Lipinski definition) is 0. The molecular weight excluding hydrogens is 166 g/mol. The summed E-state index contributed by atoms with van der Waals surface area (Å²) in [5.74, 6) is 1.33. The fourth-order valence-corrected chi connectivity index (χ4v) is 0.927. The Morgan fingerprint density at radius 2 is 1.85 bits per heavy atom. The number of aromatic nitrogens is 3. The van der Waals surface area contributed by atoms with Gasteiger partial charge in [-0.05, 0) is 6.92 Å². The number of fused-ring (bicyclic) bond motifs is 1. The second-order valence-corrected chi connectivity index (χ2v) is 2.34. The minimum absolute atomic E-state index is 0.565. The number of rotatable bonds is 0. The maximum absolute atomic E-state index is 5.19. The van der Waals surface area contributed by atoms with E-state index in [0.29, 0.717) is 22.9 Å². The molecule has 4 nitrogen and oxygen atoms in total. The maximum Gasteiger partial charge on any atom is 0.250 e. The first kappa shape index (κ1) is 9.64. The summed E-state index contributed by atoms with van der Waals surface area (Å²) in [5.41, 5.74) is 1.28. The highest BCUT2D eigenvalue weighted by molar-refractivity contribution is 5.66. The van der Waals surface area contributed by atoms with E-state index >= 15 is 0 Å². The zero-order valence-corrected chi connectivity index (χ0v) is 8.33. The lowest BCUT2D eigenvalue weighted by molar-refractivity contribution is 0.550. The molecule has 0 N–H and O–H groups in total. The van der Waals surface area contributed by atoms with Gasteiger partial charge in [-0.1, -0.05) is 13.8 Å². The van der Waals surface area contributed by atoms with Crippen LogP contribution in [0.5, 0.6) is 0 Å². The molecule has 70 valence electrons. The van der Waals surface area contributed by atoms with Crippen LogP contribution in [0.25, 0.3) is 11.2 Å². The molecule has 0 bridgehead atoms. The van der Waals surface area contributed by atoms with E-state index in [2.05, 4.69) is 15.0 Å². The van der Waals surface area contributed by atoms with Gasteiger partial charge in [0.15, 0.2) is 5.89 Å². The Kier molecular flexibility index (Phi) is 2.95. The maximum atomic E-state index is 5.19. The first-order chi connectivity index (χ1) is 6.25. The van der Waals surface area contributed by atoms with Gasteiger partial charge in [-0.25, -0.2) is 9.97 Å². The van der Waals surface area contributed by atoms with E-state index in [0.717, 1.165) is 0 Å². The van der Waals surface area contributed by atoms with Crippen molar-refractivity contribution in [1.29, 1.82) is 0 Å². The van der Waals surface area contributed by atoms with Gasteiger partial charge in [0.25, 0.3) is 0 Å². The van der Waals surface area contributed by atoms with Crippen LogP contribution in [0.4, 0.5) is 0 Å². The Labute approximate surface area is 77.0 Å². The molecule has 0 spiro atoms. The normalized spacial score (nSPS) is 9.54. The Morgan fingerprint density at radius 3 is 2.54 bits per heavy atom. The standard InChI is InChI=1S/C7H7N3O.C2H6/c1-4-8-3-6-7(9-4)11-5(2)10-6;1-2/h3H,1-2H3;1-2H3. The van der Waals surface area contributed by atoms with E-state index in [1.807, 2.05) is 20.8 Å². The Bertz CT molecular complexity index is 395. The SMILES string of the molecule is CC.Cc1ncc2nc(C)oc2n1. The summed E-state index contributed by atoms with van der Waals surface area (Å²) in [6, 6.07) is 0. The molecule has 2 aromatic heterocycles. The van der Waals surface area contributed by atoms with E-state index in [-0.39, 0.29) is 0 Å². The van der Waals surface area contributed by atoms with Crippen molar-refractivity contribution in [3.8, 4) is 0 Å². The minimum Gasteiger partial charge on any atom is -0.422 e. The van der Waals surface area contributed by atoms with E-state index in [9.17, 15) is 0 Å². The van der Waals surface area contributed by atoms with E-state index in [1.54, 1.807) is 13.1 Å². The lowest BCUT2D eigenvalue weighted by Crippen LogP contribution is -1.84. The second kappa shape index (κ2) is 3.98. The molecule has 0 aliphatic rings. The van der Waals surface area contributed by atoms with Gasteiger partial charge in [-0.2, -0.15) is 4.98 Å². The predicted octanol–water partition coefficient (Wildman–Crippen LogP) is 2.26. The van der Waals surface area contributed by atoms with Crippen molar-refractivity contribution in [1.82, 2.24) is 15.0 Å². The Morgan fingerprint density at radius 1 is 1.15 bits per heavy atom. The summed E-state index contributed by atoms with van der Waals surface area (Å²) in [5, 5.41) is 0. The molecule has 0 radical (unpaired) electrons. The summed E-state index contributed by atoms with van der Waals surface area (Å²) in [6.07, 6.45) is 1.66. The number of aryl methyl sites for hydroxylation is 2. The Balaban J connectivity index is 0.000000396. The van der Waals surface area contributed by atoms with Crippen molar-refractivity contribution in [2.24, 2.45) is 0 Å². The average molecular weight is 179 g/mol. The molecule has 0 aliphatic carbocycles. The van der Waals surface area contributed by atoms with Gasteiger partial charge in [0.1, 0.15) is 11.3 Å². The van der Waals surface area contributed by atoms with Gasteiger partial charge in [-0.3, -0.25) is 0 Å². The van der Waals surface area contributed by atoms with E-state index in [4.69, 9.17) is 4.42 Å². The zero-order valence-electron chi connectivity index (χ0n) is 8.33. The molecule has 0 aliphatic heterocycles. The van der Waals surface area contributed by atoms with Gasteiger partial charge in [0.2, 0.25) is 5.71 Å². The van der Waals surface area contributed by atoms with Gasteiger partial charge in [-0.15, -0.1) is 0 Å². The van der Waals surface area contributed by atoms with Crippen LogP contribution < -0.4 is 0 Å². The zero-order chi connectivity index (χ0) is 9.84. The van der Waals surface area contributed by atoms with E-state index < -0.39 is 0 Å². The molecule has 2 aromatic rings. The number of nitrogens with zero attached hydrogens (tertiary/aromatic N) is 3. The minimum atomic E-state index is 0.565. The van der Waals surface area contributed by atoms with Crippen molar-refractivity contribution >= 4 is 11.2 Å². The van der Waals surface area contributed by atoms with E-state index in [1.165, 1.54) is 0 Å². The van der Waals surface area contributed by atoms with Crippen LogP contribution in [0.3, 0.4) is 0 Å². The summed E-state index contributed by atoms with van der Waals surface area (Å²) < 4.78 is 5.19. The second-order valence-electron chi connectivity index (χ2n) is 2.34. The van der Waals surface area contributed by atoms with Crippen LogP contribution in [0, 0.1) is 13.8 Å². The largest absolute Gasteiger partial charge is 0.422 e. The molecule has 2 rings (SSSR count). The summed E-state index contributed by atoms with van der Waals surface area (Å²) in [7, 11) is 0. The molecule has 4 heteroatoms. The monoisotopic (exact) mass is 179 g/mol. The highest BCUT2D eigenvalue weighted by Crippen LogP contribution is 2.10. The van der Waals surface area contributed by atoms with Crippen molar-refractivity contribution < 1.29 is 4.42 Å². The highest BCUT2D eigenvalue weighted by Gasteiger charge is 2.02. The predicted molar refractivity (Wildman–Crippen MR) is 50.4 cm³/mol. The van der Waals surface area contributed by atoms with Crippen LogP contribution in [0.2, 0.25) is 0 Å². The molecule has 0 atom stereocenters. The number of oxazole rings is 1. The molecular formula is C9H13N3O. The van der Waals surface area contributed by atoms with Crippen LogP contribution in [0.15, 0.2) is 10.6 Å². The third-order valence-electron chi connectivity index (χ3n) is 1.38. The van der Waals surface area contributed by atoms with Crippen molar-refractivity contribution in [3.05, 3.63) is 17.9 Å². The molecule has 2 heterocycles. The summed E-state index contributed by atoms with van der Waals surface area (Å²) in [6.45, 7) is 7.61. The first-order valence-electron chi connectivity index (χ1n) is 4.32. The first-order valence-corrected chi connectivity index (χ1v) is 4.32. The smallest absolute Gasteiger partial charge is 0.250 e. The van der Waals surface area contributed by atoms with Gasteiger partial charge < -0.3 is 4.42 Å². The molecule has 0 aromatic carbocycles. The van der Waals surface area contributed by atoms with Gasteiger partial charge >= 0.3 is 0 Å². The quantitative estimate of drug-likeness (QED) is 0.622. The lowest BCUT2D eigenvalue weighted by atomic mass is 10.5. The van der Waals surface area contributed by atoms with Crippen LogP contribution in [0.1, 0.15) is 25.6 Å². The molecule has 0 saturated carbocycles. The molecule has 13 heavy (non-hydrogen) atoms. The number of hydrogen-bond acceptors (Lipinski definition) is 4. The van der Waals surface area contributed by atoms with Crippen molar-refractivity contribution in [2.45, 2.75) is 27.7 Å². The molecule has 0 amide bonds. The van der Waals surface area contributed by atoms with Gasteiger partial charge in [0, 0.05) is 6.92 Å². The van der Waals surface area contributed by atoms with Crippen molar-refractivity contribution in [3.63, 3.8) is 0 Å². The summed E-state index contributed by atoms with van der Waals surface area (Å²) in [4.78, 5) is 12.1. The average Bonchev–Trinajstić information content (AvgIpc) is 2.48. The topological polar surface area (TPSA) is 51.8 Å². The highest BCUT2D eigenvalue weighted by atomic mass is 16.4. The molecule has 0 fully saturated rings. The fraction of sp³-hybridized carbons (Fsp3) is 0.444. The van der Waals surface area contributed by atoms with Crippen molar-refractivity contribution in [2.75, 3.05) is 0 Å². The Hall–Kier alpha value is -1.45. The van der Waals surface area contributed by atoms with Crippen LogP contribution in [-0.2, 0) is 0 Å². The van der Waals surface area contributed by atoms with Crippen LogP contribution in [-0.4, -0.2) is 15.0 Å². The fourth-order valence-electron chi connectivity index (χ4n) is 0.927. The molecule has 0 unspecified atom stereocenters.